The van der Waals surface area contributed by atoms with E-state index in [-0.39, 0.29) is 17.1 Å². The van der Waals surface area contributed by atoms with E-state index >= 15 is 0 Å². The number of pyridine rings is 1. The monoisotopic (exact) mass is 490 g/mol. The van der Waals surface area contributed by atoms with E-state index in [1.54, 1.807) is 24.5 Å². The Kier molecular flexibility index (Phi) is 5.65. The molecule has 0 spiro atoms. The molecule has 36 heavy (non-hydrogen) atoms. The summed E-state index contributed by atoms with van der Waals surface area (Å²) in [6, 6.07) is 5.33. The Labute approximate surface area is 207 Å². The van der Waals surface area contributed by atoms with Crippen molar-refractivity contribution >= 4 is 22.8 Å². The largest absolute Gasteiger partial charge is 0.326 e. The minimum atomic E-state index is -0.544. The number of hydrogen-bond donors (Lipinski definition) is 2. The summed E-state index contributed by atoms with van der Waals surface area (Å²) >= 11 is 0. The first-order valence-electron chi connectivity index (χ1n) is 12.2. The van der Waals surface area contributed by atoms with Crippen molar-refractivity contribution in [1.29, 1.82) is 0 Å². The second kappa shape index (κ2) is 8.86. The van der Waals surface area contributed by atoms with Gasteiger partial charge in [-0.2, -0.15) is 0 Å². The summed E-state index contributed by atoms with van der Waals surface area (Å²) < 4.78 is 31.7. The molecule has 3 aromatic heterocycles. The van der Waals surface area contributed by atoms with Crippen LogP contribution in [0.1, 0.15) is 31.3 Å². The fourth-order valence-electron chi connectivity index (χ4n) is 5.35. The molecule has 2 aliphatic heterocycles. The number of aromatic nitrogens is 5. The van der Waals surface area contributed by atoms with Gasteiger partial charge in [0.1, 0.15) is 23.0 Å². The van der Waals surface area contributed by atoms with Gasteiger partial charge in [0.05, 0.1) is 11.7 Å². The lowest BCUT2D eigenvalue weighted by molar-refractivity contribution is 0.295. The minimum Gasteiger partial charge on any atom is -0.326 e. The molecule has 2 aliphatic rings. The summed E-state index contributed by atoms with van der Waals surface area (Å²) in [4.78, 5) is 19.7. The maximum Gasteiger partial charge on any atom is 0.228 e. The van der Waals surface area contributed by atoms with Crippen molar-refractivity contribution < 1.29 is 8.78 Å². The topological polar surface area (TPSA) is 83.8 Å². The van der Waals surface area contributed by atoms with Crippen molar-refractivity contribution in [3.8, 4) is 11.1 Å². The predicted molar refractivity (Wildman–Crippen MR) is 134 cm³/mol. The van der Waals surface area contributed by atoms with Gasteiger partial charge in [-0.3, -0.25) is 4.90 Å². The number of nitrogens with one attached hydrogen (secondary N) is 2. The van der Waals surface area contributed by atoms with Crippen LogP contribution in [0.2, 0.25) is 0 Å². The number of likely N-dealkylation sites (tertiary alicyclic amines) is 1. The molecule has 186 valence electrons. The van der Waals surface area contributed by atoms with E-state index < -0.39 is 11.6 Å². The number of imidazole rings is 1. The van der Waals surface area contributed by atoms with Crippen molar-refractivity contribution in [3.63, 3.8) is 0 Å². The van der Waals surface area contributed by atoms with Gasteiger partial charge in [-0.15, -0.1) is 0 Å². The fraction of sp³-hybridized carbons (Fsp3) is 0.385. The Bertz CT molecular complexity index is 1420. The van der Waals surface area contributed by atoms with E-state index in [0.717, 1.165) is 43.9 Å². The smallest absolute Gasteiger partial charge is 0.228 e. The van der Waals surface area contributed by atoms with Crippen LogP contribution in [0.15, 0.2) is 36.8 Å². The number of halogens is 2. The van der Waals surface area contributed by atoms with Crippen molar-refractivity contribution in [2.45, 2.75) is 39.4 Å². The lowest BCUT2D eigenvalue weighted by atomic mass is 9.96. The molecule has 0 bridgehead atoms. The van der Waals surface area contributed by atoms with Gasteiger partial charge >= 0.3 is 0 Å². The van der Waals surface area contributed by atoms with Gasteiger partial charge in [0.25, 0.3) is 0 Å². The number of hydrogen-bond acceptors (Lipinski definition) is 7. The lowest BCUT2D eigenvalue weighted by Crippen LogP contribution is -2.51. The molecule has 0 aliphatic carbocycles. The van der Waals surface area contributed by atoms with E-state index in [0.29, 0.717) is 34.7 Å². The maximum absolute atomic E-state index is 14.9. The van der Waals surface area contributed by atoms with Crippen LogP contribution >= 0.6 is 0 Å². The summed E-state index contributed by atoms with van der Waals surface area (Å²) in [6.45, 7) is 9.92. The maximum atomic E-state index is 14.9. The summed E-state index contributed by atoms with van der Waals surface area (Å²) in [5.74, 6) is 1.17. The number of nitrogens with zero attached hydrogens (tertiary/aromatic N) is 6. The Morgan fingerprint density at radius 3 is 2.53 bits per heavy atom. The SMILES string of the molecule is Cc1nc2c(F)cc(-c3cc(Nc4ncc(CN5CC6CNC6C5)cn4)ncc3F)cc2n1C(C)C. The van der Waals surface area contributed by atoms with Gasteiger partial charge in [-0.25, -0.2) is 28.7 Å². The highest BCUT2D eigenvalue weighted by Gasteiger charge is 2.38. The first-order valence-corrected chi connectivity index (χ1v) is 12.2. The van der Waals surface area contributed by atoms with Crippen LogP contribution in [-0.2, 0) is 6.54 Å². The Balaban J connectivity index is 1.24. The van der Waals surface area contributed by atoms with Crippen molar-refractivity contribution in [1.82, 2.24) is 34.7 Å². The highest BCUT2D eigenvalue weighted by molar-refractivity contribution is 5.84. The van der Waals surface area contributed by atoms with Crippen molar-refractivity contribution in [2.75, 3.05) is 25.0 Å². The first kappa shape index (κ1) is 22.9. The zero-order valence-corrected chi connectivity index (χ0v) is 20.5. The molecule has 0 amide bonds. The third-order valence-electron chi connectivity index (χ3n) is 7.12. The van der Waals surface area contributed by atoms with Crippen LogP contribution in [0, 0.1) is 24.5 Å². The molecule has 2 saturated heterocycles. The Morgan fingerprint density at radius 2 is 1.86 bits per heavy atom. The molecule has 8 nitrogen and oxygen atoms in total. The molecule has 10 heteroatoms. The zero-order valence-electron chi connectivity index (χ0n) is 20.5. The minimum absolute atomic E-state index is 0.0848. The van der Waals surface area contributed by atoms with E-state index in [2.05, 4.69) is 35.5 Å². The molecular formula is C26H28F2N8. The predicted octanol–water partition coefficient (Wildman–Crippen LogP) is 4.20. The molecule has 2 unspecified atom stereocenters. The van der Waals surface area contributed by atoms with E-state index in [1.165, 1.54) is 6.07 Å². The molecule has 2 atom stereocenters. The third kappa shape index (κ3) is 4.10. The lowest BCUT2D eigenvalue weighted by Gasteiger charge is -2.30. The first-order chi connectivity index (χ1) is 17.4. The average Bonchev–Trinajstić information content (AvgIpc) is 3.32. The number of aryl methyl sites for hydroxylation is 1. The molecular weight excluding hydrogens is 462 g/mol. The number of fused-ring (bicyclic) bond motifs is 2. The fourth-order valence-corrected chi connectivity index (χ4v) is 5.35. The molecule has 5 heterocycles. The van der Waals surface area contributed by atoms with Gasteiger partial charge in [0.2, 0.25) is 5.95 Å². The molecule has 2 fully saturated rings. The Hall–Kier alpha value is -3.50. The summed E-state index contributed by atoms with van der Waals surface area (Å²) in [5.41, 5.74) is 2.59. The number of benzene rings is 1. The second-order valence-corrected chi connectivity index (χ2v) is 10.0. The average molecular weight is 491 g/mol. The number of rotatable bonds is 6. The van der Waals surface area contributed by atoms with Crippen molar-refractivity contribution in [3.05, 3.63) is 59.8 Å². The van der Waals surface area contributed by atoms with E-state index in [4.69, 9.17) is 0 Å². The normalized spacial score (nSPS) is 19.6. The third-order valence-corrected chi connectivity index (χ3v) is 7.12. The van der Waals surface area contributed by atoms with E-state index in [1.807, 2.05) is 25.3 Å². The number of anilines is 2. The molecule has 4 aromatic rings. The van der Waals surface area contributed by atoms with E-state index in [9.17, 15) is 8.78 Å². The summed E-state index contributed by atoms with van der Waals surface area (Å²) in [7, 11) is 0. The van der Waals surface area contributed by atoms with Gasteiger partial charge in [-0.05, 0) is 44.5 Å². The van der Waals surface area contributed by atoms with Crippen LogP contribution in [0.3, 0.4) is 0 Å². The van der Waals surface area contributed by atoms with Gasteiger partial charge in [0.15, 0.2) is 5.82 Å². The summed E-state index contributed by atoms with van der Waals surface area (Å²) in [6.07, 6.45) is 4.72. The van der Waals surface area contributed by atoms with Crippen LogP contribution < -0.4 is 10.6 Å². The molecule has 2 N–H and O–H groups in total. The zero-order chi connectivity index (χ0) is 25.0. The quantitative estimate of drug-likeness (QED) is 0.419. The molecule has 0 radical (unpaired) electrons. The highest BCUT2D eigenvalue weighted by atomic mass is 19.1. The second-order valence-electron chi connectivity index (χ2n) is 10.0. The molecule has 0 saturated carbocycles. The molecule has 6 rings (SSSR count). The van der Waals surface area contributed by atoms with Gasteiger partial charge < -0.3 is 15.2 Å². The highest BCUT2D eigenvalue weighted by Crippen LogP contribution is 2.32. The van der Waals surface area contributed by atoms with Crippen LogP contribution in [0.25, 0.3) is 22.2 Å². The van der Waals surface area contributed by atoms with Crippen LogP contribution in [0.4, 0.5) is 20.5 Å². The summed E-state index contributed by atoms with van der Waals surface area (Å²) in [5, 5.41) is 6.50. The molecule has 1 aromatic carbocycles. The van der Waals surface area contributed by atoms with Gasteiger partial charge in [-0.1, -0.05) is 0 Å². The van der Waals surface area contributed by atoms with Crippen LogP contribution in [0.5, 0.6) is 0 Å². The van der Waals surface area contributed by atoms with Crippen LogP contribution in [-0.4, -0.2) is 55.1 Å². The van der Waals surface area contributed by atoms with Gasteiger partial charge in [0, 0.05) is 67.7 Å². The van der Waals surface area contributed by atoms with Crippen molar-refractivity contribution in [2.24, 2.45) is 5.92 Å². The standard InChI is InChI=1S/C26H28F2N8/c1-14(2)36-15(3)33-25-20(27)4-17(5-23(25)36)19-6-24(30-10-21(19)28)34-26-31-7-16(8-32-26)11-35-12-18-9-29-22(18)13-35/h4-8,10,14,18,22,29H,9,11-13H2,1-3H3,(H,30,31,32,34). The Morgan fingerprint density at radius 1 is 1.06 bits per heavy atom.